The molecule has 94 valence electrons. The monoisotopic (exact) mass is 237 g/mol. The first-order valence-corrected chi connectivity index (χ1v) is 5.61. The predicted molar refractivity (Wildman–Crippen MR) is 66.1 cm³/mol. The molecule has 0 saturated heterocycles. The van der Waals surface area contributed by atoms with Crippen LogP contribution in [0.25, 0.3) is 6.08 Å². The van der Waals surface area contributed by atoms with Gasteiger partial charge in [-0.05, 0) is 12.0 Å². The number of aliphatic hydroxyl groups excluding tert-OH is 1. The van der Waals surface area contributed by atoms with Crippen LogP contribution in [0.3, 0.4) is 0 Å². The number of hydrogen-bond acceptors (Lipinski definition) is 3. The molecule has 0 bridgehead atoms. The molecule has 5 nitrogen and oxygen atoms in total. The number of hydrogen-bond donors (Lipinski definition) is 2. The maximum Gasteiger partial charge on any atom is 0.244 e. The standard InChI is InChI=1S/C12H19N3O2/c1-9(2)11(8-16)14-12(17)5-4-10-6-13-15(3)7-10/h4-7,9,11,16H,8H2,1-3H3,(H,14,17). The van der Waals surface area contributed by atoms with Crippen molar-refractivity contribution >= 4 is 12.0 Å². The van der Waals surface area contributed by atoms with Gasteiger partial charge in [-0.1, -0.05) is 13.8 Å². The van der Waals surface area contributed by atoms with Crippen molar-refractivity contribution in [3.8, 4) is 0 Å². The minimum absolute atomic E-state index is 0.0514. The SMILES string of the molecule is CC(C)C(CO)NC(=O)C=Cc1cnn(C)c1. The molecule has 0 spiro atoms. The van der Waals surface area contributed by atoms with E-state index in [1.165, 1.54) is 6.08 Å². The van der Waals surface area contributed by atoms with Gasteiger partial charge in [0.15, 0.2) is 0 Å². The van der Waals surface area contributed by atoms with Crippen molar-refractivity contribution in [1.29, 1.82) is 0 Å². The molecular formula is C12H19N3O2. The molecule has 17 heavy (non-hydrogen) atoms. The lowest BCUT2D eigenvalue weighted by molar-refractivity contribution is -0.117. The van der Waals surface area contributed by atoms with Crippen molar-refractivity contribution in [1.82, 2.24) is 15.1 Å². The summed E-state index contributed by atoms with van der Waals surface area (Å²) in [5.41, 5.74) is 0.868. The number of nitrogens with zero attached hydrogens (tertiary/aromatic N) is 2. The molecule has 1 atom stereocenters. The van der Waals surface area contributed by atoms with Gasteiger partial charge < -0.3 is 10.4 Å². The van der Waals surface area contributed by atoms with Crippen molar-refractivity contribution in [3.63, 3.8) is 0 Å². The van der Waals surface area contributed by atoms with E-state index in [1.807, 2.05) is 27.1 Å². The van der Waals surface area contributed by atoms with E-state index in [1.54, 1.807) is 17.0 Å². The largest absolute Gasteiger partial charge is 0.394 e. The molecule has 0 fully saturated rings. The van der Waals surface area contributed by atoms with Crippen LogP contribution in [0.2, 0.25) is 0 Å². The van der Waals surface area contributed by atoms with E-state index in [0.717, 1.165) is 5.56 Å². The minimum atomic E-state index is -0.207. The summed E-state index contributed by atoms with van der Waals surface area (Å²) < 4.78 is 1.67. The predicted octanol–water partition coefficient (Wildman–Crippen LogP) is 0.566. The third-order valence-electron chi connectivity index (χ3n) is 2.48. The van der Waals surface area contributed by atoms with Gasteiger partial charge in [0.1, 0.15) is 0 Å². The Hall–Kier alpha value is -1.62. The molecule has 1 rings (SSSR count). The lowest BCUT2D eigenvalue weighted by Gasteiger charge is -2.18. The molecule has 1 aromatic rings. The van der Waals surface area contributed by atoms with Crippen molar-refractivity contribution in [3.05, 3.63) is 24.0 Å². The van der Waals surface area contributed by atoms with Gasteiger partial charge in [0.25, 0.3) is 0 Å². The van der Waals surface area contributed by atoms with Gasteiger partial charge in [-0.15, -0.1) is 0 Å². The first-order chi connectivity index (χ1) is 8.02. The average molecular weight is 237 g/mol. The maximum absolute atomic E-state index is 11.6. The van der Waals surface area contributed by atoms with Crippen LogP contribution < -0.4 is 5.32 Å². The fraction of sp³-hybridized carbons (Fsp3) is 0.500. The lowest BCUT2D eigenvalue weighted by atomic mass is 10.1. The average Bonchev–Trinajstić information content (AvgIpc) is 2.68. The number of carbonyl (C=O) groups is 1. The minimum Gasteiger partial charge on any atom is -0.394 e. The highest BCUT2D eigenvalue weighted by atomic mass is 16.3. The number of amides is 1. The molecule has 0 radical (unpaired) electrons. The Morgan fingerprint density at radius 1 is 1.65 bits per heavy atom. The van der Waals surface area contributed by atoms with Crippen LogP contribution >= 0.6 is 0 Å². The molecule has 0 aliphatic carbocycles. The van der Waals surface area contributed by atoms with E-state index >= 15 is 0 Å². The third kappa shape index (κ3) is 4.40. The van der Waals surface area contributed by atoms with Crippen LogP contribution in [-0.4, -0.2) is 33.4 Å². The Balaban J connectivity index is 2.52. The van der Waals surface area contributed by atoms with E-state index in [2.05, 4.69) is 10.4 Å². The highest BCUT2D eigenvalue weighted by Crippen LogP contribution is 2.02. The van der Waals surface area contributed by atoms with E-state index in [-0.39, 0.29) is 24.5 Å². The number of aryl methyl sites for hydroxylation is 1. The second-order valence-corrected chi connectivity index (χ2v) is 4.32. The van der Waals surface area contributed by atoms with Crippen LogP contribution in [0.15, 0.2) is 18.5 Å². The van der Waals surface area contributed by atoms with Gasteiger partial charge in [0.05, 0.1) is 18.8 Å². The van der Waals surface area contributed by atoms with Crippen LogP contribution in [0.5, 0.6) is 0 Å². The summed E-state index contributed by atoms with van der Waals surface area (Å²) in [7, 11) is 1.82. The van der Waals surface area contributed by atoms with Crippen LogP contribution in [0.4, 0.5) is 0 Å². The molecule has 2 N–H and O–H groups in total. The number of nitrogens with one attached hydrogen (secondary N) is 1. The van der Waals surface area contributed by atoms with Crippen molar-refractivity contribution < 1.29 is 9.90 Å². The number of carbonyl (C=O) groups excluding carboxylic acids is 1. The van der Waals surface area contributed by atoms with Gasteiger partial charge in [-0.3, -0.25) is 9.48 Å². The van der Waals surface area contributed by atoms with Gasteiger partial charge in [0.2, 0.25) is 5.91 Å². The first-order valence-electron chi connectivity index (χ1n) is 5.61. The van der Waals surface area contributed by atoms with Gasteiger partial charge in [0, 0.05) is 24.9 Å². The second-order valence-electron chi connectivity index (χ2n) is 4.32. The Bertz CT molecular complexity index is 396. The Morgan fingerprint density at radius 3 is 2.82 bits per heavy atom. The molecule has 1 amide bonds. The topological polar surface area (TPSA) is 67.2 Å². The fourth-order valence-electron chi connectivity index (χ4n) is 1.35. The Morgan fingerprint density at radius 2 is 2.35 bits per heavy atom. The summed E-state index contributed by atoms with van der Waals surface area (Å²) in [6, 6.07) is -0.207. The highest BCUT2D eigenvalue weighted by molar-refractivity contribution is 5.91. The van der Waals surface area contributed by atoms with Crippen LogP contribution in [0, 0.1) is 5.92 Å². The van der Waals surface area contributed by atoms with E-state index in [4.69, 9.17) is 5.11 Å². The summed E-state index contributed by atoms with van der Waals surface area (Å²) in [6.07, 6.45) is 6.63. The molecule has 5 heteroatoms. The zero-order valence-corrected chi connectivity index (χ0v) is 10.4. The molecule has 1 unspecified atom stereocenters. The Labute approximate surface area is 101 Å². The summed E-state index contributed by atoms with van der Waals surface area (Å²) in [5, 5.41) is 15.8. The molecule has 0 aromatic carbocycles. The van der Waals surface area contributed by atoms with Crippen molar-refractivity contribution in [2.75, 3.05) is 6.61 Å². The fourth-order valence-corrected chi connectivity index (χ4v) is 1.35. The molecular weight excluding hydrogens is 218 g/mol. The number of aromatic nitrogens is 2. The van der Waals surface area contributed by atoms with E-state index in [9.17, 15) is 4.79 Å². The van der Waals surface area contributed by atoms with Crippen LogP contribution in [0.1, 0.15) is 19.4 Å². The number of aliphatic hydroxyl groups is 1. The summed E-state index contributed by atoms with van der Waals surface area (Å²) >= 11 is 0. The first kappa shape index (κ1) is 13.4. The van der Waals surface area contributed by atoms with Crippen molar-refractivity contribution in [2.45, 2.75) is 19.9 Å². The molecule has 0 aliphatic rings. The van der Waals surface area contributed by atoms with Gasteiger partial charge in [-0.25, -0.2) is 0 Å². The van der Waals surface area contributed by atoms with Crippen LogP contribution in [-0.2, 0) is 11.8 Å². The zero-order chi connectivity index (χ0) is 12.8. The third-order valence-corrected chi connectivity index (χ3v) is 2.48. The van der Waals surface area contributed by atoms with E-state index in [0.29, 0.717) is 0 Å². The van der Waals surface area contributed by atoms with Crippen molar-refractivity contribution in [2.24, 2.45) is 13.0 Å². The normalized spacial score (nSPS) is 13.2. The Kier molecular flexibility index (Phi) is 4.90. The van der Waals surface area contributed by atoms with Gasteiger partial charge >= 0.3 is 0 Å². The second kappa shape index (κ2) is 6.20. The molecule has 0 aliphatic heterocycles. The summed E-state index contributed by atoms with van der Waals surface area (Å²) in [6.45, 7) is 3.85. The summed E-state index contributed by atoms with van der Waals surface area (Å²) in [4.78, 5) is 11.6. The lowest BCUT2D eigenvalue weighted by Crippen LogP contribution is -2.40. The molecule has 0 saturated carbocycles. The highest BCUT2D eigenvalue weighted by Gasteiger charge is 2.13. The molecule has 1 aromatic heterocycles. The summed E-state index contributed by atoms with van der Waals surface area (Å²) in [5.74, 6) is -0.00246. The quantitative estimate of drug-likeness (QED) is 0.736. The number of rotatable bonds is 5. The molecule has 1 heterocycles. The maximum atomic E-state index is 11.6. The smallest absolute Gasteiger partial charge is 0.244 e. The van der Waals surface area contributed by atoms with E-state index < -0.39 is 0 Å². The zero-order valence-electron chi connectivity index (χ0n) is 10.4. The van der Waals surface area contributed by atoms with Gasteiger partial charge in [-0.2, -0.15) is 5.10 Å².